The summed E-state index contributed by atoms with van der Waals surface area (Å²) in [5, 5.41) is 2.98. The minimum atomic E-state index is -0.176. The Morgan fingerprint density at radius 1 is 1.64 bits per heavy atom. The van der Waals surface area contributed by atoms with Gasteiger partial charge in [0.15, 0.2) is 5.78 Å². The van der Waals surface area contributed by atoms with Crippen molar-refractivity contribution >= 4 is 17.1 Å². The highest BCUT2D eigenvalue weighted by Crippen LogP contribution is 2.22. The molecule has 1 rings (SSSR count). The molecule has 1 atom stereocenters. The Morgan fingerprint density at radius 2 is 2.29 bits per heavy atom. The molecule has 78 valence electrons. The molecule has 3 nitrogen and oxygen atoms in total. The molecular weight excluding hydrogens is 196 g/mol. The first-order valence-corrected chi connectivity index (χ1v) is 5.55. The van der Waals surface area contributed by atoms with Crippen molar-refractivity contribution in [2.24, 2.45) is 0 Å². The Bertz CT molecular complexity index is 320. The standard InChI is InChI=1S/C10H16N2OS/c1-5-9(13)10(12(3)4)8-6-14-7(2)11-8/h6,10H,5H2,1-4H3. The molecule has 0 aliphatic heterocycles. The Balaban J connectivity index is 2.94. The van der Waals surface area contributed by atoms with E-state index in [1.165, 1.54) is 0 Å². The van der Waals surface area contributed by atoms with Gasteiger partial charge in [0, 0.05) is 11.8 Å². The molecule has 0 aliphatic rings. The fourth-order valence-corrected chi connectivity index (χ4v) is 2.05. The van der Waals surface area contributed by atoms with Crippen molar-refractivity contribution in [3.8, 4) is 0 Å². The van der Waals surface area contributed by atoms with E-state index in [1.54, 1.807) is 11.3 Å². The van der Waals surface area contributed by atoms with Crippen molar-refractivity contribution in [2.45, 2.75) is 26.3 Å². The van der Waals surface area contributed by atoms with Crippen molar-refractivity contribution in [2.75, 3.05) is 14.1 Å². The number of Topliss-reactive ketones (excluding diaryl/α,β-unsaturated/α-hetero) is 1. The van der Waals surface area contributed by atoms with Gasteiger partial charge in [-0.25, -0.2) is 4.98 Å². The van der Waals surface area contributed by atoms with Gasteiger partial charge in [-0.05, 0) is 21.0 Å². The van der Waals surface area contributed by atoms with Crippen LogP contribution in [-0.2, 0) is 4.79 Å². The molecule has 0 fully saturated rings. The molecule has 0 aliphatic carbocycles. The summed E-state index contributed by atoms with van der Waals surface area (Å²) in [4.78, 5) is 18.0. The van der Waals surface area contributed by atoms with Crippen LogP contribution in [0.5, 0.6) is 0 Å². The number of thiazole rings is 1. The molecule has 1 unspecified atom stereocenters. The zero-order valence-electron chi connectivity index (χ0n) is 9.07. The number of hydrogen-bond donors (Lipinski definition) is 0. The molecule has 4 heteroatoms. The molecule has 1 heterocycles. The van der Waals surface area contributed by atoms with E-state index in [2.05, 4.69) is 4.98 Å². The smallest absolute Gasteiger partial charge is 0.155 e. The van der Waals surface area contributed by atoms with Gasteiger partial charge in [-0.3, -0.25) is 9.69 Å². The molecule has 0 saturated heterocycles. The van der Waals surface area contributed by atoms with E-state index in [9.17, 15) is 4.79 Å². The van der Waals surface area contributed by atoms with Gasteiger partial charge in [-0.15, -0.1) is 11.3 Å². The van der Waals surface area contributed by atoms with Crippen LogP contribution < -0.4 is 0 Å². The topological polar surface area (TPSA) is 33.2 Å². The number of hydrogen-bond acceptors (Lipinski definition) is 4. The second kappa shape index (κ2) is 4.66. The maximum absolute atomic E-state index is 11.7. The minimum absolute atomic E-state index is 0.176. The Morgan fingerprint density at radius 3 is 2.64 bits per heavy atom. The van der Waals surface area contributed by atoms with Gasteiger partial charge in [0.2, 0.25) is 0 Å². The van der Waals surface area contributed by atoms with Crippen molar-refractivity contribution in [1.82, 2.24) is 9.88 Å². The van der Waals surface area contributed by atoms with E-state index in [0.29, 0.717) is 6.42 Å². The minimum Gasteiger partial charge on any atom is -0.297 e. The first kappa shape index (κ1) is 11.3. The first-order chi connectivity index (χ1) is 6.56. The molecule has 14 heavy (non-hydrogen) atoms. The predicted molar refractivity (Wildman–Crippen MR) is 58.6 cm³/mol. The Hall–Kier alpha value is -0.740. The second-order valence-electron chi connectivity index (χ2n) is 3.48. The molecule has 0 spiro atoms. The monoisotopic (exact) mass is 212 g/mol. The lowest BCUT2D eigenvalue weighted by atomic mass is 10.1. The van der Waals surface area contributed by atoms with Crippen LogP contribution in [0, 0.1) is 6.92 Å². The van der Waals surface area contributed by atoms with Gasteiger partial charge in [-0.2, -0.15) is 0 Å². The number of aryl methyl sites for hydroxylation is 1. The number of aromatic nitrogens is 1. The van der Waals surface area contributed by atoms with Crippen molar-refractivity contribution in [1.29, 1.82) is 0 Å². The zero-order chi connectivity index (χ0) is 10.7. The largest absolute Gasteiger partial charge is 0.297 e. The number of nitrogens with zero attached hydrogens (tertiary/aromatic N) is 2. The average molecular weight is 212 g/mol. The molecule has 0 N–H and O–H groups in total. The average Bonchev–Trinajstić information content (AvgIpc) is 2.51. The summed E-state index contributed by atoms with van der Waals surface area (Å²) in [6.45, 7) is 3.84. The second-order valence-corrected chi connectivity index (χ2v) is 4.54. The van der Waals surface area contributed by atoms with Crippen LogP contribution in [-0.4, -0.2) is 29.8 Å². The van der Waals surface area contributed by atoms with E-state index >= 15 is 0 Å². The third-order valence-electron chi connectivity index (χ3n) is 2.09. The fraction of sp³-hybridized carbons (Fsp3) is 0.600. The summed E-state index contributed by atoms with van der Waals surface area (Å²) in [5.41, 5.74) is 0.879. The normalized spacial score (nSPS) is 13.2. The predicted octanol–water partition coefficient (Wildman–Crippen LogP) is 2.03. The van der Waals surface area contributed by atoms with Crippen molar-refractivity contribution in [3.63, 3.8) is 0 Å². The quantitative estimate of drug-likeness (QED) is 0.765. The SMILES string of the molecule is CCC(=O)C(c1csc(C)n1)N(C)C. The number of ketones is 1. The van der Waals surface area contributed by atoms with Gasteiger partial charge in [0.25, 0.3) is 0 Å². The maximum Gasteiger partial charge on any atom is 0.155 e. The first-order valence-electron chi connectivity index (χ1n) is 4.67. The highest BCUT2D eigenvalue weighted by atomic mass is 32.1. The van der Waals surface area contributed by atoms with Crippen LogP contribution in [0.1, 0.15) is 30.1 Å². The van der Waals surface area contributed by atoms with Crippen molar-refractivity contribution in [3.05, 3.63) is 16.1 Å². The van der Waals surface area contributed by atoms with E-state index in [4.69, 9.17) is 0 Å². The Kier molecular flexibility index (Phi) is 3.77. The lowest BCUT2D eigenvalue weighted by molar-refractivity contribution is -0.123. The summed E-state index contributed by atoms with van der Waals surface area (Å²) in [7, 11) is 3.82. The third kappa shape index (κ3) is 2.39. The molecule has 1 aromatic heterocycles. The number of likely N-dealkylation sites (N-methyl/N-ethyl adjacent to an activating group) is 1. The number of carbonyl (C=O) groups is 1. The van der Waals surface area contributed by atoms with E-state index in [0.717, 1.165) is 10.7 Å². The van der Waals surface area contributed by atoms with E-state index < -0.39 is 0 Å². The summed E-state index contributed by atoms with van der Waals surface area (Å²) in [6.07, 6.45) is 0.555. The summed E-state index contributed by atoms with van der Waals surface area (Å²) >= 11 is 1.59. The van der Waals surface area contributed by atoms with Crippen molar-refractivity contribution < 1.29 is 4.79 Å². The zero-order valence-corrected chi connectivity index (χ0v) is 9.89. The summed E-state index contributed by atoms with van der Waals surface area (Å²) in [5.74, 6) is 0.223. The highest BCUT2D eigenvalue weighted by Gasteiger charge is 2.23. The van der Waals surface area contributed by atoms with E-state index in [1.807, 2.05) is 38.2 Å². The van der Waals surface area contributed by atoms with Gasteiger partial charge in [0.1, 0.15) is 6.04 Å². The van der Waals surface area contributed by atoms with Crippen LogP contribution in [0.15, 0.2) is 5.38 Å². The summed E-state index contributed by atoms with van der Waals surface area (Å²) in [6, 6.07) is -0.176. The van der Waals surface area contributed by atoms with Crippen LogP contribution in [0.25, 0.3) is 0 Å². The molecular formula is C10H16N2OS. The molecule has 0 aromatic carbocycles. The van der Waals surface area contributed by atoms with Gasteiger partial charge >= 0.3 is 0 Å². The van der Waals surface area contributed by atoms with Crippen LogP contribution in [0.4, 0.5) is 0 Å². The van der Waals surface area contributed by atoms with E-state index in [-0.39, 0.29) is 11.8 Å². The van der Waals surface area contributed by atoms with Gasteiger partial charge in [0.05, 0.1) is 10.7 Å². The molecule has 0 radical (unpaired) electrons. The molecule has 0 amide bonds. The third-order valence-corrected chi connectivity index (χ3v) is 2.88. The highest BCUT2D eigenvalue weighted by molar-refractivity contribution is 7.09. The van der Waals surface area contributed by atoms with Crippen LogP contribution in [0.3, 0.4) is 0 Å². The number of carbonyl (C=O) groups excluding carboxylic acids is 1. The fourth-order valence-electron chi connectivity index (χ4n) is 1.42. The molecule has 1 aromatic rings. The number of rotatable bonds is 4. The Labute approximate surface area is 88.8 Å². The van der Waals surface area contributed by atoms with Crippen LogP contribution in [0.2, 0.25) is 0 Å². The molecule has 0 bridgehead atoms. The lowest BCUT2D eigenvalue weighted by Gasteiger charge is -2.20. The molecule has 0 saturated carbocycles. The lowest BCUT2D eigenvalue weighted by Crippen LogP contribution is -2.27. The van der Waals surface area contributed by atoms with Gasteiger partial charge in [-0.1, -0.05) is 6.92 Å². The maximum atomic E-state index is 11.7. The summed E-state index contributed by atoms with van der Waals surface area (Å²) < 4.78 is 0. The van der Waals surface area contributed by atoms with Crippen LogP contribution >= 0.6 is 11.3 Å². The van der Waals surface area contributed by atoms with Gasteiger partial charge < -0.3 is 0 Å².